The van der Waals surface area contributed by atoms with Crippen LogP contribution in [0, 0.1) is 6.92 Å². The lowest BCUT2D eigenvalue weighted by Gasteiger charge is -2.19. The van der Waals surface area contributed by atoms with E-state index in [0.717, 1.165) is 72.9 Å². The third kappa shape index (κ3) is 6.44. The number of nitrogens with zero attached hydrogens (tertiary/aromatic N) is 5. The normalized spacial score (nSPS) is 13.6. The molecule has 0 amide bonds. The van der Waals surface area contributed by atoms with Crippen LogP contribution in [0.15, 0.2) is 158 Å². The van der Waals surface area contributed by atoms with Gasteiger partial charge in [0.2, 0.25) is 0 Å². The van der Waals surface area contributed by atoms with Gasteiger partial charge in [-0.2, -0.15) is 0 Å². The van der Waals surface area contributed by atoms with Crippen molar-refractivity contribution >= 4 is 44.4 Å². The van der Waals surface area contributed by atoms with Crippen molar-refractivity contribution in [3.63, 3.8) is 0 Å². The van der Waals surface area contributed by atoms with E-state index in [4.69, 9.17) is 15.0 Å². The van der Waals surface area contributed by atoms with Crippen LogP contribution in [0.3, 0.4) is 0 Å². The van der Waals surface area contributed by atoms with Crippen molar-refractivity contribution in [1.29, 1.82) is 0 Å². The Hall–Kier alpha value is -7.11. The maximum absolute atomic E-state index is 5.33. The van der Waals surface area contributed by atoms with Gasteiger partial charge in [0.05, 0.1) is 16.6 Å². The maximum atomic E-state index is 5.33. The van der Waals surface area contributed by atoms with E-state index in [-0.39, 0.29) is 0 Å². The van der Waals surface area contributed by atoms with E-state index >= 15 is 0 Å². The van der Waals surface area contributed by atoms with Gasteiger partial charge >= 0.3 is 0 Å². The second kappa shape index (κ2) is 15.5. The molecule has 0 fully saturated rings. The van der Waals surface area contributed by atoms with E-state index in [1.54, 1.807) is 0 Å². The molecular formula is C56H47N5. The number of unbranched alkanes of at least 4 members (excludes halogenated alkanes) is 1. The Morgan fingerprint density at radius 3 is 2.08 bits per heavy atom. The second-order valence-electron chi connectivity index (χ2n) is 16.5. The highest BCUT2D eigenvalue weighted by Crippen LogP contribution is 2.43. The second-order valence-corrected chi connectivity index (χ2v) is 16.5. The predicted octanol–water partition coefficient (Wildman–Crippen LogP) is 14.3. The summed E-state index contributed by atoms with van der Waals surface area (Å²) < 4.78 is 4.95. The van der Waals surface area contributed by atoms with Crippen LogP contribution < -0.4 is 0 Å². The molecule has 11 rings (SSSR count). The molecule has 3 aromatic heterocycles. The van der Waals surface area contributed by atoms with E-state index < -0.39 is 0 Å². The molecule has 0 saturated carbocycles. The Kier molecular flexibility index (Phi) is 9.38. The van der Waals surface area contributed by atoms with Gasteiger partial charge in [-0.1, -0.05) is 129 Å². The maximum Gasteiger partial charge on any atom is 0.164 e. The Morgan fingerprint density at radius 1 is 0.541 bits per heavy atom. The minimum atomic E-state index is 0.677. The zero-order valence-electron chi connectivity index (χ0n) is 34.8. The van der Waals surface area contributed by atoms with Crippen LogP contribution in [-0.2, 0) is 12.8 Å². The van der Waals surface area contributed by atoms with E-state index in [1.165, 1.54) is 66.3 Å². The fourth-order valence-corrected chi connectivity index (χ4v) is 9.66. The van der Waals surface area contributed by atoms with E-state index in [9.17, 15) is 0 Å². The van der Waals surface area contributed by atoms with Crippen LogP contribution >= 0.6 is 0 Å². The van der Waals surface area contributed by atoms with Gasteiger partial charge in [-0.25, -0.2) is 15.0 Å². The van der Waals surface area contributed by atoms with Crippen LogP contribution in [0.2, 0.25) is 0 Å². The van der Waals surface area contributed by atoms with E-state index in [0.29, 0.717) is 17.5 Å². The van der Waals surface area contributed by atoms with Crippen LogP contribution in [0.5, 0.6) is 0 Å². The molecule has 5 heteroatoms. The number of para-hydroxylation sites is 2. The number of fused-ring (bicyclic) bond motifs is 6. The minimum Gasteiger partial charge on any atom is -0.310 e. The lowest BCUT2D eigenvalue weighted by Crippen LogP contribution is -2.05. The van der Waals surface area contributed by atoms with Crippen molar-refractivity contribution in [2.45, 2.75) is 58.8 Å². The van der Waals surface area contributed by atoms with Gasteiger partial charge in [-0.15, -0.1) is 0 Å². The summed E-state index contributed by atoms with van der Waals surface area (Å²) in [7, 11) is 0. The Bertz CT molecular complexity index is 3230. The SMILES string of the molecule is CCCCc1ccccc1-c1cc(-n2c3ccccc3c3cc4c(cc32)c2c(n4-c3ccccc3)C=CCC2)cc(-c2nc(C3=CCCC=C3)nc(-c3ccccc3)n2)c1C. The van der Waals surface area contributed by atoms with Crippen LogP contribution in [-0.4, -0.2) is 24.1 Å². The summed E-state index contributed by atoms with van der Waals surface area (Å²) in [5, 5.41) is 3.77. The molecule has 0 aliphatic heterocycles. The number of aryl methyl sites for hydroxylation is 2. The van der Waals surface area contributed by atoms with Gasteiger partial charge in [-0.05, 0) is 122 Å². The molecule has 0 bridgehead atoms. The van der Waals surface area contributed by atoms with Gasteiger partial charge in [0.1, 0.15) is 0 Å². The van der Waals surface area contributed by atoms with Crippen LogP contribution in [0.4, 0.5) is 0 Å². The largest absolute Gasteiger partial charge is 0.310 e. The zero-order valence-corrected chi connectivity index (χ0v) is 34.8. The first kappa shape index (κ1) is 36.9. The van der Waals surface area contributed by atoms with Gasteiger partial charge in [0.25, 0.3) is 0 Å². The highest BCUT2D eigenvalue weighted by molar-refractivity contribution is 6.14. The summed E-state index contributed by atoms with van der Waals surface area (Å²) in [6.07, 6.45) is 18.6. The van der Waals surface area contributed by atoms with Crippen molar-refractivity contribution in [1.82, 2.24) is 24.1 Å². The van der Waals surface area contributed by atoms with Crippen LogP contribution in [0.25, 0.3) is 89.6 Å². The highest BCUT2D eigenvalue weighted by Gasteiger charge is 2.24. The number of allylic oxidation sites excluding steroid dienone is 5. The average Bonchev–Trinajstić information content (AvgIpc) is 3.83. The molecule has 0 radical (unpaired) electrons. The van der Waals surface area contributed by atoms with Crippen LogP contribution in [0.1, 0.15) is 67.2 Å². The molecule has 2 aliphatic carbocycles. The summed E-state index contributed by atoms with van der Waals surface area (Å²) in [6, 6.07) is 48.6. The molecule has 0 unspecified atom stereocenters. The zero-order chi connectivity index (χ0) is 40.9. The number of benzene rings is 6. The molecule has 2 aliphatic rings. The number of hydrogen-bond donors (Lipinski definition) is 0. The molecule has 0 spiro atoms. The summed E-state index contributed by atoms with van der Waals surface area (Å²) in [6.45, 7) is 4.52. The molecular weight excluding hydrogens is 743 g/mol. The first-order valence-corrected chi connectivity index (χ1v) is 21.9. The summed E-state index contributed by atoms with van der Waals surface area (Å²) in [5.74, 6) is 2.06. The molecule has 61 heavy (non-hydrogen) atoms. The summed E-state index contributed by atoms with van der Waals surface area (Å²) in [4.78, 5) is 15.7. The topological polar surface area (TPSA) is 48.5 Å². The quantitative estimate of drug-likeness (QED) is 0.146. The van der Waals surface area contributed by atoms with Crippen molar-refractivity contribution in [2.24, 2.45) is 0 Å². The standard InChI is InChI=1S/C56H47N5/c1-3-4-20-38-21-14-15-28-43(38)46-33-42(34-47(37(46)2)56-58-54(39-22-8-5-9-23-39)57-55(59-56)40-24-10-6-11-25-40)61-51-32-19-17-30-45(51)49-35-52-48(36-53(49)61)44-29-16-18-31-50(44)60(52)41-26-12-7-13-27-41/h5,7-10,12-15,17-19,21-28,30-36H,3-4,6,11,16,20,29H2,1-2H3. The molecule has 5 nitrogen and oxygen atoms in total. The van der Waals surface area contributed by atoms with Gasteiger partial charge in [-0.3, -0.25) is 0 Å². The molecule has 9 aromatic rings. The molecule has 0 N–H and O–H groups in total. The van der Waals surface area contributed by atoms with Gasteiger partial charge < -0.3 is 9.13 Å². The molecule has 296 valence electrons. The smallest absolute Gasteiger partial charge is 0.164 e. The van der Waals surface area contributed by atoms with Gasteiger partial charge in [0, 0.05) is 49.9 Å². The fourth-order valence-electron chi connectivity index (χ4n) is 9.66. The third-order valence-corrected chi connectivity index (χ3v) is 12.7. The lowest BCUT2D eigenvalue weighted by molar-refractivity contribution is 0.796. The Labute approximate surface area is 357 Å². The first-order chi connectivity index (χ1) is 30.1. The summed E-state index contributed by atoms with van der Waals surface area (Å²) >= 11 is 0. The molecule has 0 atom stereocenters. The number of rotatable bonds is 9. The lowest BCUT2D eigenvalue weighted by atomic mass is 9.90. The van der Waals surface area contributed by atoms with Crippen molar-refractivity contribution < 1.29 is 0 Å². The van der Waals surface area contributed by atoms with Gasteiger partial charge in [0.15, 0.2) is 17.5 Å². The molecule has 6 aromatic carbocycles. The van der Waals surface area contributed by atoms with Crippen molar-refractivity contribution in [3.8, 4) is 45.3 Å². The highest BCUT2D eigenvalue weighted by atomic mass is 15.0. The third-order valence-electron chi connectivity index (χ3n) is 12.7. The Balaban J connectivity index is 1.22. The Morgan fingerprint density at radius 2 is 1.25 bits per heavy atom. The van der Waals surface area contributed by atoms with Crippen molar-refractivity contribution in [2.75, 3.05) is 0 Å². The molecule has 0 saturated heterocycles. The van der Waals surface area contributed by atoms with Crippen molar-refractivity contribution in [3.05, 3.63) is 186 Å². The number of hydrogen-bond acceptors (Lipinski definition) is 3. The minimum absolute atomic E-state index is 0.677. The number of aromatic nitrogens is 5. The predicted molar refractivity (Wildman–Crippen MR) is 254 cm³/mol. The van der Waals surface area contributed by atoms with E-state index in [2.05, 4.69) is 181 Å². The first-order valence-electron chi connectivity index (χ1n) is 21.9. The summed E-state index contributed by atoms with van der Waals surface area (Å²) in [5.41, 5.74) is 16.5. The monoisotopic (exact) mass is 789 g/mol. The van der Waals surface area contributed by atoms with E-state index in [1.807, 2.05) is 6.07 Å². The fraction of sp³-hybridized carbons (Fsp3) is 0.161. The molecule has 3 heterocycles. The average molecular weight is 790 g/mol.